The molecule has 0 bridgehead atoms. The Morgan fingerprint density at radius 2 is 2.15 bits per heavy atom. The summed E-state index contributed by atoms with van der Waals surface area (Å²) in [6, 6.07) is 1.03. The van der Waals surface area contributed by atoms with Gasteiger partial charge in [0.1, 0.15) is 0 Å². The van der Waals surface area contributed by atoms with Crippen LogP contribution in [0.4, 0.5) is 0 Å². The van der Waals surface area contributed by atoms with E-state index in [0.717, 1.165) is 6.42 Å². The molecule has 1 rings (SSSR count). The second kappa shape index (κ2) is 4.97. The van der Waals surface area contributed by atoms with Gasteiger partial charge in [0, 0.05) is 12.1 Å². The second-order valence-electron chi connectivity index (χ2n) is 4.37. The Morgan fingerprint density at radius 1 is 1.46 bits per heavy atom. The minimum atomic E-state index is -0.0793. The Kier molecular flexibility index (Phi) is 4.20. The lowest BCUT2D eigenvalue weighted by Crippen LogP contribution is -2.42. The topological polar surface area (TPSA) is 23.5 Å². The van der Waals surface area contributed by atoms with Crippen molar-refractivity contribution in [3.8, 4) is 0 Å². The lowest BCUT2D eigenvalue weighted by Gasteiger charge is -2.32. The zero-order valence-corrected chi connectivity index (χ0v) is 9.16. The molecule has 3 atom stereocenters. The molecule has 13 heavy (non-hydrogen) atoms. The van der Waals surface area contributed by atoms with Gasteiger partial charge in [0.2, 0.25) is 0 Å². The number of nitrogens with zero attached hydrogens (tertiary/aromatic N) is 1. The average Bonchev–Trinajstić information content (AvgIpc) is 2.50. The van der Waals surface area contributed by atoms with Gasteiger partial charge < -0.3 is 5.11 Å². The van der Waals surface area contributed by atoms with Gasteiger partial charge in [-0.05, 0) is 39.7 Å². The van der Waals surface area contributed by atoms with Crippen LogP contribution < -0.4 is 0 Å². The van der Waals surface area contributed by atoms with E-state index in [4.69, 9.17) is 0 Å². The first-order valence-corrected chi connectivity index (χ1v) is 5.56. The van der Waals surface area contributed by atoms with E-state index >= 15 is 0 Å². The molecule has 2 heteroatoms. The summed E-state index contributed by atoms with van der Waals surface area (Å²) < 4.78 is 0. The van der Waals surface area contributed by atoms with Gasteiger partial charge in [-0.1, -0.05) is 13.3 Å². The van der Waals surface area contributed by atoms with Crippen LogP contribution in [0.1, 0.15) is 46.0 Å². The number of likely N-dealkylation sites (N-methyl/N-ethyl adjacent to an activating group) is 1. The van der Waals surface area contributed by atoms with Crippen LogP contribution >= 0.6 is 0 Å². The van der Waals surface area contributed by atoms with E-state index in [1.165, 1.54) is 25.7 Å². The van der Waals surface area contributed by atoms with Crippen molar-refractivity contribution < 1.29 is 5.11 Å². The van der Waals surface area contributed by atoms with E-state index < -0.39 is 0 Å². The van der Waals surface area contributed by atoms with Gasteiger partial charge in [-0.3, -0.25) is 4.90 Å². The van der Waals surface area contributed by atoms with E-state index in [2.05, 4.69) is 25.8 Å². The zero-order chi connectivity index (χ0) is 9.84. The fraction of sp³-hybridized carbons (Fsp3) is 1.00. The Morgan fingerprint density at radius 3 is 2.62 bits per heavy atom. The van der Waals surface area contributed by atoms with E-state index in [-0.39, 0.29) is 6.10 Å². The molecule has 0 heterocycles. The molecular weight excluding hydrogens is 162 g/mol. The summed E-state index contributed by atoms with van der Waals surface area (Å²) in [6.07, 6.45) is 5.74. The molecule has 1 aliphatic rings. The fourth-order valence-corrected chi connectivity index (χ4v) is 2.34. The van der Waals surface area contributed by atoms with Crippen molar-refractivity contribution in [3.05, 3.63) is 0 Å². The third-order valence-corrected chi connectivity index (χ3v) is 3.37. The monoisotopic (exact) mass is 185 g/mol. The van der Waals surface area contributed by atoms with Crippen molar-refractivity contribution in [3.63, 3.8) is 0 Å². The Hall–Kier alpha value is -0.0800. The van der Waals surface area contributed by atoms with Crippen LogP contribution in [0.5, 0.6) is 0 Å². The molecule has 1 saturated carbocycles. The second-order valence-corrected chi connectivity index (χ2v) is 4.37. The summed E-state index contributed by atoms with van der Waals surface area (Å²) in [5, 5.41) is 9.73. The van der Waals surface area contributed by atoms with Gasteiger partial charge in [-0.15, -0.1) is 0 Å². The molecule has 1 N–H and O–H groups in total. The lowest BCUT2D eigenvalue weighted by molar-refractivity contribution is 0.0632. The van der Waals surface area contributed by atoms with Crippen LogP contribution in [0.15, 0.2) is 0 Å². The highest BCUT2D eigenvalue weighted by Crippen LogP contribution is 2.25. The number of aliphatic hydroxyl groups excluding tert-OH is 1. The predicted octanol–water partition coefficient (Wildman–Crippen LogP) is 2.02. The standard InChI is InChI=1S/C11H23NO/c1-4-6-9(2)12(3)10-7-5-8-11(10)13/h9-11,13H,4-8H2,1-3H3/t9?,10-,11-/m0/s1. The summed E-state index contributed by atoms with van der Waals surface area (Å²) in [7, 11) is 2.15. The van der Waals surface area contributed by atoms with Crippen molar-refractivity contribution in [2.45, 2.75) is 64.1 Å². The highest BCUT2D eigenvalue weighted by atomic mass is 16.3. The smallest absolute Gasteiger partial charge is 0.0695 e. The molecule has 1 unspecified atom stereocenters. The first kappa shape index (κ1) is 11.0. The highest BCUT2D eigenvalue weighted by molar-refractivity contribution is 4.85. The van der Waals surface area contributed by atoms with Crippen LogP contribution in [-0.2, 0) is 0 Å². The maximum atomic E-state index is 9.73. The number of rotatable bonds is 4. The van der Waals surface area contributed by atoms with Crippen molar-refractivity contribution in [1.29, 1.82) is 0 Å². The fourth-order valence-electron chi connectivity index (χ4n) is 2.34. The lowest BCUT2D eigenvalue weighted by atomic mass is 10.1. The molecule has 0 radical (unpaired) electrons. The summed E-state index contributed by atoms with van der Waals surface area (Å²) >= 11 is 0. The summed E-state index contributed by atoms with van der Waals surface area (Å²) in [6.45, 7) is 4.48. The largest absolute Gasteiger partial charge is 0.391 e. The molecule has 0 amide bonds. The van der Waals surface area contributed by atoms with Gasteiger partial charge in [-0.25, -0.2) is 0 Å². The van der Waals surface area contributed by atoms with Crippen LogP contribution in [-0.4, -0.2) is 35.2 Å². The first-order valence-electron chi connectivity index (χ1n) is 5.56. The summed E-state index contributed by atoms with van der Waals surface area (Å²) in [5.74, 6) is 0. The van der Waals surface area contributed by atoms with E-state index in [0.29, 0.717) is 12.1 Å². The van der Waals surface area contributed by atoms with E-state index in [1.54, 1.807) is 0 Å². The van der Waals surface area contributed by atoms with Gasteiger partial charge in [-0.2, -0.15) is 0 Å². The van der Waals surface area contributed by atoms with Crippen molar-refractivity contribution in [2.75, 3.05) is 7.05 Å². The minimum Gasteiger partial charge on any atom is -0.391 e. The normalized spacial score (nSPS) is 31.2. The molecule has 0 aromatic heterocycles. The molecule has 0 aromatic rings. The third kappa shape index (κ3) is 2.68. The molecule has 0 saturated heterocycles. The molecule has 2 nitrogen and oxygen atoms in total. The number of hydrogen-bond donors (Lipinski definition) is 1. The molecule has 0 spiro atoms. The van der Waals surface area contributed by atoms with Gasteiger partial charge in [0.05, 0.1) is 6.10 Å². The van der Waals surface area contributed by atoms with Crippen molar-refractivity contribution in [2.24, 2.45) is 0 Å². The summed E-state index contributed by atoms with van der Waals surface area (Å²) in [5.41, 5.74) is 0. The Balaban J connectivity index is 2.40. The van der Waals surface area contributed by atoms with Crippen molar-refractivity contribution >= 4 is 0 Å². The number of hydrogen-bond acceptors (Lipinski definition) is 2. The van der Waals surface area contributed by atoms with E-state index in [9.17, 15) is 5.11 Å². The predicted molar refractivity (Wildman–Crippen MR) is 55.8 cm³/mol. The van der Waals surface area contributed by atoms with Crippen LogP contribution in [0.3, 0.4) is 0 Å². The molecule has 1 aliphatic carbocycles. The van der Waals surface area contributed by atoms with Crippen LogP contribution in [0.2, 0.25) is 0 Å². The van der Waals surface area contributed by atoms with Crippen molar-refractivity contribution in [1.82, 2.24) is 4.90 Å². The Bertz CT molecular complexity index is 149. The van der Waals surface area contributed by atoms with Gasteiger partial charge >= 0.3 is 0 Å². The molecule has 78 valence electrons. The molecule has 1 fully saturated rings. The van der Waals surface area contributed by atoms with Crippen LogP contribution in [0.25, 0.3) is 0 Å². The maximum absolute atomic E-state index is 9.73. The number of aliphatic hydroxyl groups is 1. The molecular formula is C11H23NO. The average molecular weight is 185 g/mol. The zero-order valence-electron chi connectivity index (χ0n) is 9.16. The Labute approximate surface area is 81.9 Å². The SMILES string of the molecule is CCCC(C)N(C)[C@H]1CCC[C@@H]1O. The highest BCUT2D eigenvalue weighted by Gasteiger charge is 2.30. The molecule has 0 aliphatic heterocycles. The molecule has 0 aromatic carbocycles. The quantitative estimate of drug-likeness (QED) is 0.724. The maximum Gasteiger partial charge on any atom is 0.0695 e. The first-order chi connectivity index (χ1) is 6.16. The van der Waals surface area contributed by atoms with Gasteiger partial charge in [0.15, 0.2) is 0 Å². The minimum absolute atomic E-state index is 0.0793. The van der Waals surface area contributed by atoms with Gasteiger partial charge in [0.25, 0.3) is 0 Å². The van der Waals surface area contributed by atoms with Crippen LogP contribution in [0, 0.1) is 0 Å². The van der Waals surface area contributed by atoms with E-state index in [1.807, 2.05) is 0 Å². The summed E-state index contributed by atoms with van der Waals surface area (Å²) in [4.78, 5) is 2.36. The third-order valence-electron chi connectivity index (χ3n) is 3.37.